The number of nitrogens with one attached hydrogen (secondary N) is 1. The van der Waals surface area contributed by atoms with Gasteiger partial charge in [-0.25, -0.2) is 12.8 Å². The Morgan fingerprint density at radius 2 is 2.00 bits per heavy atom. The van der Waals surface area contributed by atoms with Crippen molar-refractivity contribution in [2.45, 2.75) is 12.8 Å². The summed E-state index contributed by atoms with van der Waals surface area (Å²) in [5, 5.41) is 2.63. The minimum atomic E-state index is -2.89. The van der Waals surface area contributed by atoms with Gasteiger partial charge in [0.15, 0.2) is 0 Å². The molecule has 2 rings (SSSR count). The Labute approximate surface area is 122 Å². The molecule has 0 atom stereocenters. The number of carbonyl (C=O) groups is 1. The fraction of sp³-hybridized carbons (Fsp3) is 0.462. The Kier molecular flexibility index (Phi) is 4.65. The zero-order valence-electron chi connectivity index (χ0n) is 10.7. The maximum absolute atomic E-state index is 13.0. The van der Waals surface area contributed by atoms with E-state index < -0.39 is 15.7 Å². The van der Waals surface area contributed by atoms with Gasteiger partial charge in [-0.1, -0.05) is 11.6 Å². The number of amides is 1. The number of hydrogen-bond acceptors (Lipinski definition) is 3. The molecular formula is C13H15ClFNO3S. The van der Waals surface area contributed by atoms with E-state index in [4.69, 9.17) is 11.6 Å². The number of hydrogen-bond donors (Lipinski definition) is 1. The molecule has 1 saturated heterocycles. The monoisotopic (exact) mass is 319 g/mol. The largest absolute Gasteiger partial charge is 0.352 e. The van der Waals surface area contributed by atoms with E-state index in [2.05, 4.69) is 5.32 Å². The van der Waals surface area contributed by atoms with E-state index in [-0.39, 0.29) is 28.4 Å². The van der Waals surface area contributed by atoms with Crippen molar-refractivity contribution in [3.8, 4) is 0 Å². The molecule has 1 fully saturated rings. The Hall–Kier alpha value is -1.14. The van der Waals surface area contributed by atoms with E-state index in [0.717, 1.165) is 6.07 Å². The van der Waals surface area contributed by atoms with Crippen molar-refractivity contribution in [1.29, 1.82) is 0 Å². The van der Waals surface area contributed by atoms with Crippen LogP contribution >= 0.6 is 11.6 Å². The molecule has 1 heterocycles. The third-order valence-corrected chi connectivity index (χ3v) is 5.41. The van der Waals surface area contributed by atoms with Crippen LogP contribution in [0.1, 0.15) is 23.2 Å². The normalized spacial score (nSPS) is 18.7. The van der Waals surface area contributed by atoms with Crippen LogP contribution in [0.5, 0.6) is 0 Å². The van der Waals surface area contributed by atoms with Crippen LogP contribution in [0.3, 0.4) is 0 Å². The van der Waals surface area contributed by atoms with Crippen LogP contribution in [0.25, 0.3) is 0 Å². The van der Waals surface area contributed by atoms with Crippen molar-refractivity contribution in [2.24, 2.45) is 5.92 Å². The summed E-state index contributed by atoms with van der Waals surface area (Å²) < 4.78 is 35.6. The first-order valence-corrected chi connectivity index (χ1v) is 8.51. The van der Waals surface area contributed by atoms with E-state index in [1.807, 2.05) is 0 Å². The van der Waals surface area contributed by atoms with Gasteiger partial charge in [0.1, 0.15) is 15.7 Å². The summed E-state index contributed by atoms with van der Waals surface area (Å²) in [7, 11) is -2.89. The van der Waals surface area contributed by atoms with Crippen LogP contribution in [-0.4, -0.2) is 32.4 Å². The molecular weight excluding hydrogens is 305 g/mol. The molecule has 0 aliphatic carbocycles. The molecule has 4 nitrogen and oxygen atoms in total. The molecule has 20 heavy (non-hydrogen) atoms. The highest BCUT2D eigenvalue weighted by Gasteiger charge is 2.23. The second kappa shape index (κ2) is 6.10. The molecule has 0 bridgehead atoms. The average molecular weight is 320 g/mol. The lowest BCUT2D eigenvalue weighted by atomic mass is 10.0. The molecule has 110 valence electrons. The summed E-state index contributed by atoms with van der Waals surface area (Å²) in [4.78, 5) is 11.9. The number of sulfone groups is 1. The first-order valence-electron chi connectivity index (χ1n) is 6.31. The third-order valence-electron chi connectivity index (χ3n) is 3.41. The van der Waals surface area contributed by atoms with E-state index in [1.54, 1.807) is 0 Å². The molecule has 1 N–H and O–H groups in total. The lowest BCUT2D eigenvalue weighted by Crippen LogP contribution is -2.34. The number of benzene rings is 1. The summed E-state index contributed by atoms with van der Waals surface area (Å²) in [6.07, 6.45) is 1.12. The molecule has 1 amide bonds. The van der Waals surface area contributed by atoms with E-state index >= 15 is 0 Å². The molecule has 1 aliphatic heterocycles. The highest BCUT2D eigenvalue weighted by atomic mass is 35.5. The quantitative estimate of drug-likeness (QED) is 0.927. The van der Waals surface area contributed by atoms with Gasteiger partial charge >= 0.3 is 0 Å². The first-order chi connectivity index (χ1) is 9.37. The van der Waals surface area contributed by atoms with Crippen molar-refractivity contribution in [3.05, 3.63) is 34.6 Å². The summed E-state index contributed by atoms with van der Waals surface area (Å²) in [6, 6.07) is 3.78. The van der Waals surface area contributed by atoms with Crippen LogP contribution in [0.2, 0.25) is 5.02 Å². The maximum Gasteiger partial charge on any atom is 0.251 e. The minimum absolute atomic E-state index is 0.0959. The maximum atomic E-state index is 13.0. The van der Waals surface area contributed by atoms with E-state index in [1.165, 1.54) is 12.1 Å². The average Bonchev–Trinajstić information content (AvgIpc) is 2.40. The Morgan fingerprint density at radius 1 is 1.35 bits per heavy atom. The van der Waals surface area contributed by atoms with Gasteiger partial charge in [-0.3, -0.25) is 4.79 Å². The van der Waals surface area contributed by atoms with Gasteiger partial charge in [-0.2, -0.15) is 0 Å². The Balaban J connectivity index is 1.88. The zero-order chi connectivity index (χ0) is 14.8. The molecule has 0 saturated carbocycles. The summed E-state index contributed by atoms with van der Waals surface area (Å²) in [6.45, 7) is 0.420. The van der Waals surface area contributed by atoms with Crippen molar-refractivity contribution in [1.82, 2.24) is 5.32 Å². The van der Waals surface area contributed by atoms with Crippen LogP contribution < -0.4 is 5.32 Å². The standard InChI is InChI=1S/C13H15ClFNO3S/c14-11-7-10(1-2-12(11)15)13(17)16-8-9-3-5-20(18,19)6-4-9/h1-2,7,9H,3-6,8H2,(H,16,17). The molecule has 7 heteroatoms. The summed E-state index contributed by atoms with van der Waals surface area (Å²) in [5.74, 6) is -0.384. The van der Waals surface area contributed by atoms with Crippen LogP contribution in [0, 0.1) is 11.7 Å². The van der Waals surface area contributed by atoms with E-state index in [0.29, 0.717) is 24.9 Å². The minimum Gasteiger partial charge on any atom is -0.352 e. The SMILES string of the molecule is O=C(NCC1CCS(=O)(=O)CC1)c1ccc(F)c(Cl)c1. The van der Waals surface area contributed by atoms with E-state index in [9.17, 15) is 17.6 Å². The fourth-order valence-electron chi connectivity index (χ4n) is 2.12. The fourth-order valence-corrected chi connectivity index (χ4v) is 3.89. The Morgan fingerprint density at radius 3 is 2.60 bits per heavy atom. The van der Waals surface area contributed by atoms with Crippen LogP contribution in [-0.2, 0) is 9.84 Å². The molecule has 1 aromatic rings. The van der Waals surface area contributed by atoms with Gasteiger partial charge in [-0.05, 0) is 37.0 Å². The summed E-state index contributed by atoms with van der Waals surface area (Å²) >= 11 is 5.62. The predicted molar refractivity (Wildman–Crippen MR) is 75.1 cm³/mol. The second-order valence-electron chi connectivity index (χ2n) is 4.93. The lowest BCUT2D eigenvalue weighted by Gasteiger charge is -2.22. The van der Waals surface area contributed by atoms with Gasteiger partial charge in [-0.15, -0.1) is 0 Å². The van der Waals surface area contributed by atoms with Gasteiger partial charge in [0.25, 0.3) is 5.91 Å². The highest BCUT2D eigenvalue weighted by molar-refractivity contribution is 7.91. The molecule has 0 aromatic heterocycles. The first kappa shape index (κ1) is 15.3. The van der Waals surface area contributed by atoms with Gasteiger partial charge < -0.3 is 5.32 Å². The molecule has 1 aliphatic rings. The molecule has 0 spiro atoms. The highest BCUT2D eigenvalue weighted by Crippen LogP contribution is 2.19. The lowest BCUT2D eigenvalue weighted by molar-refractivity contribution is 0.0946. The van der Waals surface area contributed by atoms with Crippen LogP contribution in [0.4, 0.5) is 4.39 Å². The predicted octanol–water partition coefficient (Wildman–Crippen LogP) is 2.03. The zero-order valence-corrected chi connectivity index (χ0v) is 12.3. The van der Waals surface area contributed by atoms with Crippen molar-refractivity contribution in [3.63, 3.8) is 0 Å². The van der Waals surface area contributed by atoms with Gasteiger partial charge in [0.05, 0.1) is 16.5 Å². The number of halogens is 2. The van der Waals surface area contributed by atoms with Crippen molar-refractivity contribution >= 4 is 27.3 Å². The Bertz CT molecular complexity index is 604. The third kappa shape index (κ3) is 3.93. The van der Waals surface area contributed by atoms with Crippen molar-refractivity contribution < 1.29 is 17.6 Å². The van der Waals surface area contributed by atoms with Crippen molar-refractivity contribution in [2.75, 3.05) is 18.1 Å². The van der Waals surface area contributed by atoms with Crippen LogP contribution in [0.15, 0.2) is 18.2 Å². The molecule has 0 radical (unpaired) electrons. The molecule has 0 unspecified atom stereocenters. The van der Waals surface area contributed by atoms with Gasteiger partial charge in [0.2, 0.25) is 0 Å². The topological polar surface area (TPSA) is 63.2 Å². The van der Waals surface area contributed by atoms with Gasteiger partial charge in [0, 0.05) is 12.1 Å². The number of carbonyl (C=O) groups excluding carboxylic acids is 1. The summed E-state index contributed by atoms with van der Waals surface area (Å²) in [5.41, 5.74) is 0.292. The molecule has 1 aromatic carbocycles. The smallest absolute Gasteiger partial charge is 0.251 e. The number of rotatable bonds is 3. The second-order valence-corrected chi connectivity index (χ2v) is 7.64.